The van der Waals surface area contributed by atoms with Crippen LogP contribution < -0.4 is 10.1 Å². The zero-order chi connectivity index (χ0) is 17.9. The third-order valence-corrected chi connectivity index (χ3v) is 5.30. The summed E-state index contributed by atoms with van der Waals surface area (Å²) in [6.07, 6.45) is 3.80. The van der Waals surface area contributed by atoms with Gasteiger partial charge in [-0.1, -0.05) is 26.0 Å². The maximum absolute atomic E-state index is 5.85. The van der Waals surface area contributed by atoms with Gasteiger partial charge in [0.15, 0.2) is 0 Å². The molecule has 4 heteroatoms. The lowest BCUT2D eigenvalue weighted by atomic mass is 10.2. The first kappa shape index (κ1) is 20.2. The molecular formula is C21H37N3O. The molecule has 4 nitrogen and oxygen atoms in total. The van der Waals surface area contributed by atoms with Crippen LogP contribution in [0.15, 0.2) is 24.3 Å². The van der Waals surface area contributed by atoms with Gasteiger partial charge in [-0.15, -0.1) is 0 Å². The van der Waals surface area contributed by atoms with Gasteiger partial charge in [-0.2, -0.15) is 0 Å². The molecule has 1 aliphatic heterocycles. The molecule has 1 unspecified atom stereocenters. The lowest BCUT2D eigenvalue weighted by molar-refractivity contribution is 0.249. The van der Waals surface area contributed by atoms with Crippen LogP contribution in [-0.4, -0.2) is 61.7 Å². The van der Waals surface area contributed by atoms with Gasteiger partial charge in [-0.3, -0.25) is 4.90 Å². The summed E-state index contributed by atoms with van der Waals surface area (Å²) in [5.41, 5.74) is 1.32. The van der Waals surface area contributed by atoms with Crippen molar-refractivity contribution in [3.8, 4) is 5.75 Å². The van der Waals surface area contributed by atoms with E-state index in [1.165, 1.54) is 24.9 Å². The number of likely N-dealkylation sites (tertiary alicyclic amines) is 1. The van der Waals surface area contributed by atoms with Crippen LogP contribution in [0.2, 0.25) is 0 Å². The fourth-order valence-electron chi connectivity index (χ4n) is 3.50. The van der Waals surface area contributed by atoms with Gasteiger partial charge in [-0.25, -0.2) is 0 Å². The van der Waals surface area contributed by atoms with Crippen LogP contribution in [0.3, 0.4) is 0 Å². The average molecular weight is 348 g/mol. The van der Waals surface area contributed by atoms with Crippen molar-refractivity contribution < 1.29 is 4.74 Å². The molecule has 0 amide bonds. The van der Waals surface area contributed by atoms with Gasteiger partial charge in [0.25, 0.3) is 0 Å². The molecule has 142 valence electrons. The second-order valence-electron chi connectivity index (χ2n) is 7.08. The summed E-state index contributed by atoms with van der Waals surface area (Å²) in [6, 6.07) is 9.30. The molecule has 0 radical (unpaired) electrons. The Kier molecular flexibility index (Phi) is 9.30. The summed E-state index contributed by atoms with van der Waals surface area (Å²) >= 11 is 0. The van der Waals surface area contributed by atoms with Crippen molar-refractivity contribution in [3.63, 3.8) is 0 Å². The molecular weight excluding hydrogens is 310 g/mol. The second kappa shape index (κ2) is 11.5. The first-order valence-electron chi connectivity index (χ1n) is 10.1. The zero-order valence-electron chi connectivity index (χ0n) is 16.5. The summed E-state index contributed by atoms with van der Waals surface area (Å²) < 4.78 is 5.85. The van der Waals surface area contributed by atoms with Gasteiger partial charge in [0.2, 0.25) is 0 Å². The van der Waals surface area contributed by atoms with Crippen LogP contribution in [0.1, 0.15) is 45.6 Å². The van der Waals surface area contributed by atoms with Crippen LogP contribution in [-0.2, 0) is 6.54 Å². The Morgan fingerprint density at radius 3 is 2.60 bits per heavy atom. The van der Waals surface area contributed by atoms with Crippen LogP contribution in [0, 0.1) is 0 Å². The van der Waals surface area contributed by atoms with E-state index in [2.05, 4.69) is 60.2 Å². The minimum absolute atomic E-state index is 0.764. The molecule has 25 heavy (non-hydrogen) atoms. The Labute approximate surface area is 154 Å². The highest BCUT2D eigenvalue weighted by molar-refractivity contribution is 5.27. The first-order valence-corrected chi connectivity index (χ1v) is 10.1. The third kappa shape index (κ3) is 7.35. The monoisotopic (exact) mass is 347 g/mol. The molecule has 0 aliphatic carbocycles. The van der Waals surface area contributed by atoms with Gasteiger partial charge in [0, 0.05) is 32.2 Å². The van der Waals surface area contributed by atoms with Crippen LogP contribution in [0.4, 0.5) is 0 Å². The molecule has 0 bridgehead atoms. The van der Waals surface area contributed by atoms with E-state index in [-0.39, 0.29) is 0 Å². The zero-order valence-corrected chi connectivity index (χ0v) is 16.5. The Morgan fingerprint density at radius 2 is 1.96 bits per heavy atom. The lowest BCUT2D eigenvalue weighted by Crippen LogP contribution is -2.34. The minimum Gasteiger partial charge on any atom is -0.494 e. The molecule has 0 spiro atoms. The molecule has 2 rings (SSSR count). The van der Waals surface area contributed by atoms with Crippen molar-refractivity contribution in [2.24, 2.45) is 0 Å². The molecule has 1 aromatic rings. The third-order valence-electron chi connectivity index (χ3n) is 5.30. The predicted molar refractivity (Wildman–Crippen MR) is 106 cm³/mol. The molecule has 1 heterocycles. The van der Waals surface area contributed by atoms with Crippen LogP contribution in [0.5, 0.6) is 5.75 Å². The van der Waals surface area contributed by atoms with Gasteiger partial charge >= 0.3 is 0 Å². The standard InChI is InChI=1S/C21H37N3O/c1-4-23(5-2)14-7-17-25-21-11-9-20(10-12-21)18-22-13-16-24-15-6-8-19(24)3/h9-12,19,22H,4-8,13-18H2,1-3H3. The van der Waals surface area contributed by atoms with E-state index in [1.54, 1.807) is 0 Å². The van der Waals surface area contributed by atoms with E-state index in [1.807, 2.05) is 0 Å². The van der Waals surface area contributed by atoms with Gasteiger partial charge in [-0.05, 0) is 63.5 Å². The van der Waals surface area contributed by atoms with Gasteiger partial charge in [0.1, 0.15) is 5.75 Å². The lowest BCUT2D eigenvalue weighted by Gasteiger charge is -2.20. The highest BCUT2D eigenvalue weighted by Crippen LogP contribution is 2.15. The van der Waals surface area contributed by atoms with Crippen molar-refractivity contribution in [1.29, 1.82) is 0 Å². The van der Waals surface area contributed by atoms with Crippen LogP contribution in [0.25, 0.3) is 0 Å². The molecule has 1 saturated heterocycles. The van der Waals surface area contributed by atoms with E-state index in [4.69, 9.17) is 4.74 Å². The maximum Gasteiger partial charge on any atom is 0.119 e. The van der Waals surface area contributed by atoms with E-state index in [0.717, 1.165) is 64.1 Å². The molecule has 1 N–H and O–H groups in total. The number of ether oxygens (including phenoxy) is 1. The van der Waals surface area contributed by atoms with E-state index in [0.29, 0.717) is 0 Å². The summed E-state index contributed by atoms with van der Waals surface area (Å²) in [7, 11) is 0. The van der Waals surface area contributed by atoms with Crippen LogP contribution >= 0.6 is 0 Å². The molecule has 1 aromatic carbocycles. The molecule has 0 saturated carbocycles. The van der Waals surface area contributed by atoms with Crippen molar-refractivity contribution in [2.45, 2.75) is 52.6 Å². The Hall–Kier alpha value is -1.10. The van der Waals surface area contributed by atoms with Crippen molar-refractivity contribution >= 4 is 0 Å². The Balaban J connectivity index is 1.57. The molecule has 1 fully saturated rings. The average Bonchev–Trinajstić information content (AvgIpc) is 3.05. The van der Waals surface area contributed by atoms with Gasteiger partial charge in [0.05, 0.1) is 6.61 Å². The molecule has 0 aromatic heterocycles. The fourth-order valence-corrected chi connectivity index (χ4v) is 3.50. The topological polar surface area (TPSA) is 27.7 Å². The fraction of sp³-hybridized carbons (Fsp3) is 0.714. The molecule has 1 aliphatic rings. The molecule has 1 atom stereocenters. The highest BCUT2D eigenvalue weighted by Gasteiger charge is 2.18. The smallest absolute Gasteiger partial charge is 0.119 e. The first-order chi connectivity index (χ1) is 12.2. The highest BCUT2D eigenvalue weighted by atomic mass is 16.5. The van der Waals surface area contributed by atoms with E-state index in [9.17, 15) is 0 Å². The number of hydrogen-bond acceptors (Lipinski definition) is 4. The minimum atomic E-state index is 0.764. The second-order valence-corrected chi connectivity index (χ2v) is 7.08. The summed E-state index contributed by atoms with van der Waals surface area (Å²) in [6.45, 7) is 15.3. The quantitative estimate of drug-likeness (QED) is 0.587. The number of rotatable bonds is 12. The Bertz CT molecular complexity index is 459. The number of nitrogens with zero attached hydrogens (tertiary/aromatic N) is 2. The maximum atomic E-state index is 5.85. The Morgan fingerprint density at radius 1 is 1.20 bits per heavy atom. The SMILES string of the molecule is CCN(CC)CCCOc1ccc(CNCCN2CCCC2C)cc1. The van der Waals surface area contributed by atoms with Crippen molar-refractivity contribution in [1.82, 2.24) is 15.1 Å². The number of nitrogens with one attached hydrogen (secondary N) is 1. The predicted octanol–water partition coefficient (Wildman–Crippen LogP) is 3.37. The van der Waals surface area contributed by atoms with E-state index >= 15 is 0 Å². The number of benzene rings is 1. The number of hydrogen-bond donors (Lipinski definition) is 1. The van der Waals surface area contributed by atoms with Crippen molar-refractivity contribution in [2.75, 3.05) is 45.9 Å². The summed E-state index contributed by atoms with van der Waals surface area (Å²) in [5, 5.41) is 3.56. The summed E-state index contributed by atoms with van der Waals surface area (Å²) in [5.74, 6) is 0.981. The van der Waals surface area contributed by atoms with Gasteiger partial charge < -0.3 is 15.0 Å². The largest absolute Gasteiger partial charge is 0.494 e. The van der Waals surface area contributed by atoms with Crippen molar-refractivity contribution in [3.05, 3.63) is 29.8 Å². The van der Waals surface area contributed by atoms with E-state index < -0.39 is 0 Å². The summed E-state index contributed by atoms with van der Waals surface area (Å²) in [4.78, 5) is 5.02. The normalized spacial score (nSPS) is 18.2.